The van der Waals surface area contributed by atoms with Gasteiger partial charge in [-0.15, -0.1) is 0 Å². The first kappa shape index (κ1) is 41.2. The van der Waals surface area contributed by atoms with E-state index in [4.69, 9.17) is 4.42 Å². The summed E-state index contributed by atoms with van der Waals surface area (Å²) in [5, 5.41) is 10.1. The number of hydrogen-bond donors (Lipinski definition) is 0. The molecule has 0 N–H and O–H groups in total. The molecule has 4 heteroatoms. The summed E-state index contributed by atoms with van der Waals surface area (Å²) in [4.78, 5) is 2.42. The van der Waals surface area contributed by atoms with Crippen molar-refractivity contribution in [3.05, 3.63) is 279 Å². The molecular formula is C66H46N2OSi. The number of benzene rings is 11. The van der Waals surface area contributed by atoms with Gasteiger partial charge in [0.05, 0.1) is 16.7 Å². The van der Waals surface area contributed by atoms with Gasteiger partial charge in [0, 0.05) is 38.6 Å². The largest absolute Gasteiger partial charge is 0.456 e. The molecule has 11 aromatic carbocycles. The number of fused-ring (bicyclic) bond motifs is 6. The third kappa shape index (κ3) is 6.88. The molecule has 0 saturated heterocycles. The Labute approximate surface area is 408 Å². The number of rotatable bonds is 10. The zero-order valence-electron chi connectivity index (χ0n) is 38.4. The van der Waals surface area contributed by atoms with Crippen LogP contribution in [-0.4, -0.2) is 12.6 Å². The summed E-state index contributed by atoms with van der Waals surface area (Å²) in [6.07, 6.45) is 0. The number of para-hydroxylation sites is 3. The fourth-order valence-electron chi connectivity index (χ4n) is 11.0. The van der Waals surface area contributed by atoms with Crippen LogP contribution in [0.4, 0.5) is 17.1 Å². The van der Waals surface area contributed by atoms with E-state index in [1.165, 1.54) is 42.6 Å². The molecule has 70 heavy (non-hydrogen) atoms. The van der Waals surface area contributed by atoms with Crippen molar-refractivity contribution in [3.63, 3.8) is 0 Å². The smallest absolute Gasteiger partial charge is 0.179 e. The molecule has 0 amide bonds. The molecule has 0 radical (unpaired) electrons. The monoisotopic (exact) mass is 910 g/mol. The molecule has 0 aliphatic carbocycles. The minimum Gasteiger partial charge on any atom is -0.456 e. The van der Waals surface area contributed by atoms with Crippen LogP contribution in [0.25, 0.3) is 71.7 Å². The number of furan rings is 1. The molecule has 0 aliphatic rings. The highest BCUT2D eigenvalue weighted by Crippen LogP contribution is 2.44. The van der Waals surface area contributed by atoms with Gasteiger partial charge in [-0.2, -0.15) is 0 Å². The van der Waals surface area contributed by atoms with E-state index in [-0.39, 0.29) is 0 Å². The van der Waals surface area contributed by atoms with Gasteiger partial charge in [-0.25, -0.2) is 0 Å². The van der Waals surface area contributed by atoms with Crippen LogP contribution in [0.1, 0.15) is 0 Å². The lowest BCUT2D eigenvalue weighted by atomic mass is 10.0. The van der Waals surface area contributed by atoms with Crippen molar-refractivity contribution in [3.8, 4) is 27.9 Å². The van der Waals surface area contributed by atoms with Crippen molar-refractivity contribution < 1.29 is 4.42 Å². The van der Waals surface area contributed by atoms with Crippen molar-refractivity contribution in [2.45, 2.75) is 0 Å². The number of nitrogens with zero attached hydrogens (tertiary/aromatic N) is 2. The molecule has 13 aromatic rings. The van der Waals surface area contributed by atoms with Gasteiger partial charge in [0.1, 0.15) is 11.2 Å². The highest BCUT2D eigenvalue weighted by atomic mass is 28.3. The fourth-order valence-corrected chi connectivity index (χ4v) is 15.7. The lowest BCUT2D eigenvalue weighted by Gasteiger charge is -2.34. The molecule has 0 aliphatic heterocycles. The van der Waals surface area contributed by atoms with Crippen LogP contribution in [0.2, 0.25) is 0 Å². The first-order valence-electron chi connectivity index (χ1n) is 24.0. The molecule has 2 aromatic heterocycles. The van der Waals surface area contributed by atoms with E-state index in [1.807, 2.05) is 12.1 Å². The Balaban J connectivity index is 0.927. The van der Waals surface area contributed by atoms with Crippen LogP contribution < -0.4 is 25.6 Å². The Morgan fingerprint density at radius 3 is 1.36 bits per heavy atom. The molecule has 0 saturated carbocycles. The third-order valence-electron chi connectivity index (χ3n) is 14.2. The normalized spacial score (nSPS) is 11.7. The maximum absolute atomic E-state index is 6.31. The number of anilines is 3. The first-order valence-corrected chi connectivity index (χ1v) is 26.0. The SMILES string of the molecule is c1ccc(-n2c3ccccc3c3c(N(c4ccc(-c5ccc([Si](c6ccccc6)(c6ccccc6)c6ccccc6)cc5)cc4)c4ccc(-c5ccc6c(c5)oc5ccccc56)cc4)cccc32)cc1. The average molecular weight is 911 g/mol. The molecule has 2 heterocycles. The van der Waals surface area contributed by atoms with Crippen LogP contribution in [0.3, 0.4) is 0 Å². The minimum absolute atomic E-state index is 0.894. The van der Waals surface area contributed by atoms with Crippen molar-refractivity contribution >= 4 is 89.6 Å². The summed E-state index contributed by atoms with van der Waals surface area (Å²) in [6, 6.07) is 102. The lowest BCUT2D eigenvalue weighted by molar-refractivity contribution is 0.669. The minimum atomic E-state index is -2.64. The van der Waals surface area contributed by atoms with Crippen LogP contribution in [0.5, 0.6) is 0 Å². The second-order valence-electron chi connectivity index (χ2n) is 18.0. The van der Waals surface area contributed by atoms with Crippen LogP contribution >= 0.6 is 0 Å². The van der Waals surface area contributed by atoms with Crippen LogP contribution in [0, 0.1) is 0 Å². The van der Waals surface area contributed by atoms with Crippen LogP contribution in [-0.2, 0) is 0 Å². The lowest BCUT2D eigenvalue weighted by Crippen LogP contribution is -2.74. The van der Waals surface area contributed by atoms with Crippen molar-refractivity contribution in [2.75, 3.05) is 4.90 Å². The Kier molecular flexibility index (Phi) is 10.2. The van der Waals surface area contributed by atoms with Gasteiger partial charge in [0.15, 0.2) is 8.07 Å². The third-order valence-corrected chi connectivity index (χ3v) is 19.0. The van der Waals surface area contributed by atoms with E-state index in [0.29, 0.717) is 0 Å². The summed E-state index contributed by atoms with van der Waals surface area (Å²) in [5.41, 5.74) is 13.1. The van der Waals surface area contributed by atoms with Crippen molar-refractivity contribution in [2.24, 2.45) is 0 Å². The van der Waals surface area contributed by atoms with E-state index in [1.54, 1.807) is 0 Å². The Morgan fingerprint density at radius 2 is 0.757 bits per heavy atom. The second kappa shape index (κ2) is 17.3. The summed E-state index contributed by atoms with van der Waals surface area (Å²) in [5.74, 6) is 0. The zero-order chi connectivity index (χ0) is 46.4. The summed E-state index contributed by atoms with van der Waals surface area (Å²) in [6.45, 7) is 0. The fraction of sp³-hybridized carbons (Fsp3) is 0. The molecule has 330 valence electrons. The number of hydrogen-bond acceptors (Lipinski definition) is 2. The topological polar surface area (TPSA) is 21.3 Å². The first-order chi connectivity index (χ1) is 34.7. The van der Waals surface area contributed by atoms with E-state index >= 15 is 0 Å². The molecule has 13 rings (SSSR count). The maximum atomic E-state index is 6.31. The van der Waals surface area contributed by atoms with Gasteiger partial charge in [-0.3, -0.25) is 0 Å². The summed E-state index contributed by atoms with van der Waals surface area (Å²) >= 11 is 0. The van der Waals surface area contributed by atoms with Gasteiger partial charge in [-0.05, 0) is 116 Å². The Bertz CT molecular complexity index is 3860. The van der Waals surface area contributed by atoms with Gasteiger partial charge in [0.2, 0.25) is 0 Å². The van der Waals surface area contributed by atoms with E-state index < -0.39 is 8.07 Å². The van der Waals surface area contributed by atoms with Crippen LogP contribution in [0.15, 0.2) is 283 Å². The molecule has 0 atom stereocenters. The molecule has 0 bridgehead atoms. The van der Waals surface area contributed by atoms with E-state index in [9.17, 15) is 0 Å². The molecule has 0 unspecified atom stereocenters. The van der Waals surface area contributed by atoms with Crippen molar-refractivity contribution in [1.29, 1.82) is 0 Å². The van der Waals surface area contributed by atoms with Crippen molar-refractivity contribution in [1.82, 2.24) is 4.57 Å². The molecule has 3 nitrogen and oxygen atoms in total. The Hall–Kier alpha value is -8.96. The zero-order valence-corrected chi connectivity index (χ0v) is 39.4. The average Bonchev–Trinajstić information content (AvgIpc) is 3.99. The van der Waals surface area contributed by atoms with Gasteiger partial charge in [-0.1, -0.05) is 206 Å². The summed E-state index contributed by atoms with van der Waals surface area (Å²) < 4.78 is 8.70. The van der Waals surface area contributed by atoms with Gasteiger partial charge < -0.3 is 13.9 Å². The molecule has 0 spiro atoms. The predicted molar refractivity (Wildman–Crippen MR) is 297 cm³/mol. The standard InChI is InChI=1S/C66H46N2OSi/c1-5-18-51(19-6-1)68-61-28-15-13-27-60(61)66-62(29-17-30-63(66)68)67(53-41-34-49(35-42-53)50-38-45-59-58-26-14-16-31-64(58)69-65(59)46-50)52-39-32-47(33-40-52)48-36-43-57(44-37-48)70(54-20-7-2-8-21-54,55-22-9-3-10-23-55)56-24-11-4-12-25-56/h1-46H. The summed E-state index contributed by atoms with van der Waals surface area (Å²) in [7, 11) is -2.64. The second-order valence-corrected chi connectivity index (χ2v) is 21.8. The predicted octanol–water partition coefficient (Wildman–Crippen LogP) is 14.9. The van der Waals surface area contributed by atoms with Gasteiger partial charge in [0.25, 0.3) is 0 Å². The van der Waals surface area contributed by atoms with Gasteiger partial charge >= 0.3 is 0 Å². The highest BCUT2D eigenvalue weighted by Gasteiger charge is 2.41. The molecular weight excluding hydrogens is 865 g/mol. The quantitative estimate of drug-likeness (QED) is 0.101. The highest BCUT2D eigenvalue weighted by molar-refractivity contribution is 7.19. The maximum Gasteiger partial charge on any atom is 0.179 e. The van der Waals surface area contributed by atoms with E-state index in [2.05, 4.69) is 276 Å². The van der Waals surface area contributed by atoms with E-state index in [0.717, 1.165) is 66.9 Å². The Morgan fingerprint density at radius 1 is 0.314 bits per heavy atom. The molecule has 0 fully saturated rings. The number of aromatic nitrogens is 1.